The van der Waals surface area contributed by atoms with Gasteiger partial charge in [0.15, 0.2) is 0 Å². The molecular formula is C13H22N2O3. The van der Waals surface area contributed by atoms with Gasteiger partial charge in [-0.2, -0.15) is 0 Å². The third-order valence-corrected chi connectivity index (χ3v) is 2.77. The van der Waals surface area contributed by atoms with E-state index in [0.717, 1.165) is 25.3 Å². The van der Waals surface area contributed by atoms with Gasteiger partial charge < -0.3 is 14.5 Å². The minimum atomic E-state index is -0.347. The summed E-state index contributed by atoms with van der Waals surface area (Å²) < 4.78 is 10.3. The van der Waals surface area contributed by atoms with E-state index in [-0.39, 0.29) is 5.97 Å². The van der Waals surface area contributed by atoms with Crippen LogP contribution in [0.2, 0.25) is 0 Å². The van der Waals surface area contributed by atoms with Crippen molar-refractivity contribution in [3.05, 3.63) is 23.2 Å². The molecule has 0 fully saturated rings. The number of carbonyl (C=O) groups excluding carboxylic acids is 1. The van der Waals surface area contributed by atoms with Crippen LogP contribution in [-0.2, 0) is 11.3 Å². The third-order valence-electron chi connectivity index (χ3n) is 2.77. The molecule has 0 aliphatic rings. The van der Waals surface area contributed by atoms with Crippen LogP contribution >= 0.6 is 0 Å². The van der Waals surface area contributed by atoms with Crippen molar-refractivity contribution in [2.24, 2.45) is 0 Å². The van der Waals surface area contributed by atoms with E-state index in [0.29, 0.717) is 17.9 Å². The summed E-state index contributed by atoms with van der Waals surface area (Å²) in [4.78, 5) is 13.6. The predicted molar refractivity (Wildman–Crippen MR) is 69.7 cm³/mol. The maximum Gasteiger partial charge on any atom is 0.341 e. The van der Waals surface area contributed by atoms with Gasteiger partial charge in [0.05, 0.1) is 13.7 Å². The number of methoxy groups -OCH3 is 1. The lowest BCUT2D eigenvalue weighted by atomic mass is 10.2. The molecule has 1 heterocycles. The van der Waals surface area contributed by atoms with E-state index < -0.39 is 0 Å². The van der Waals surface area contributed by atoms with E-state index in [4.69, 9.17) is 9.15 Å². The molecule has 5 nitrogen and oxygen atoms in total. The lowest BCUT2D eigenvalue weighted by Crippen LogP contribution is -2.22. The largest absolute Gasteiger partial charge is 0.465 e. The van der Waals surface area contributed by atoms with Gasteiger partial charge in [-0.15, -0.1) is 0 Å². The van der Waals surface area contributed by atoms with Crippen LogP contribution in [0.1, 0.15) is 28.3 Å². The number of hydrogen-bond acceptors (Lipinski definition) is 5. The number of carbonyl (C=O) groups is 1. The van der Waals surface area contributed by atoms with E-state index in [9.17, 15) is 4.79 Å². The second kappa shape index (κ2) is 7.18. The lowest BCUT2D eigenvalue weighted by Gasteiger charge is -2.14. The summed E-state index contributed by atoms with van der Waals surface area (Å²) in [7, 11) is 5.35. The van der Waals surface area contributed by atoms with Gasteiger partial charge in [0, 0.05) is 0 Å². The number of aryl methyl sites for hydroxylation is 1. The quantitative estimate of drug-likeness (QED) is 0.589. The Labute approximate surface area is 108 Å². The number of nitrogens with zero attached hydrogens (tertiary/aromatic N) is 1. The molecule has 1 aromatic rings. The molecule has 1 N–H and O–H groups in total. The van der Waals surface area contributed by atoms with Gasteiger partial charge in [-0.25, -0.2) is 4.79 Å². The van der Waals surface area contributed by atoms with Crippen LogP contribution in [0.25, 0.3) is 0 Å². The number of esters is 1. The Kier molecular flexibility index (Phi) is 5.88. The number of rotatable bonds is 7. The van der Waals surface area contributed by atoms with Crippen molar-refractivity contribution in [3.63, 3.8) is 0 Å². The van der Waals surface area contributed by atoms with E-state index in [2.05, 4.69) is 10.2 Å². The average Bonchev–Trinajstić information content (AvgIpc) is 2.69. The Morgan fingerprint density at radius 2 is 2.28 bits per heavy atom. The first-order chi connectivity index (χ1) is 8.58. The summed E-state index contributed by atoms with van der Waals surface area (Å²) in [6, 6.07) is 1.76. The van der Waals surface area contributed by atoms with Crippen LogP contribution in [0.3, 0.4) is 0 Å². The normalized spacial score (nSPS) is 10.9. The highest BCUT2D eigenvalue weighted by Gasteiger charge is 2.15. The molecule has 0 saturated carbocycles. The summed E-state index contributed by atoms with van der Waals surface area (Å²) >= 11 is 0. The molecule has 0 radical (unpaired) electrons. The van der Waals surface area contributed by atoms with Crippen LogP contribution in [0, 0.1) is 6.92 Å². The van der Waals surface area contributed by atoms with Gasteiger partial charge in [-0.3, -0.25) is 4.90 Å². The van der Waals surface area contributed by atoms with Gasteiger partial charge in [-0.05, 0) is 46.6 Å². The fourth-order valence-electron chi connectivity index (χ4n) is 1.81. The minimum Gasteiger partial charge on any atom is -0.465 e. The van der Waals surface area contributed by atoms with Crippen molar-refractivity contribution in [2.75, 3.05) is 34.3 Å². The van der Waals surface area contributed by atoms with Crippen LogP contribution in [0.4, 0.5) is 0 Å². The lowest BCUT2D eigenvalue weighted by molar-refractivity contribution is 0.0599. The Balaban J connectivity index is 2.54. The molecule has 0 spiro atoms. The second-order valence-corrected chi connectivity index (χ2v) is 4.37. The van der Waals surface area contributed by atoms with Crippen molar-refractivity contribution in [1.82, 2.24) is 10.2 Å². The molecule has 18 heavy (non-hydrogen) atoms. The topological polar surface area (TPSA) is 54.7 Å². The molecule has 102 valence electrons. The van der Waals surface area contributed by atoms with E-state index in [1.54, 1.807) is 13.0 Å². The fraction of sp³-hybridized carbons (Fsp3) is 0.615. The van der Waals surface area contributed by atoms with Crippen molar-refractivity contribution in [3.8, 4) is 0 Å². The number of hydrogen-bond donors (Lipinski definition) is 1. The molecule has 0 bridgehead atoms. The summed E-state index contributed by atoms with van der Waals surface area (Å²) in [5.74, 6) is 1.06. The standard InChI is InChI=1S/C13H22N2O3/c1-10-12(13(16)17-4)8-11(18-10)9-15(3)7-5-6-14-2/h8,14H,5-7,9H2,1-4H3. The maximum absolute atomic E-state index is 11.4. The van der Waals surface area contributed by atoms with Crippen LogP contribution < -0.4 is 5.32 Å². The predicted octanol–water partition coefficient (Wildman–Crippen LogP) is 1.42. The molecule has 0 aliphatic carbocycles. The Hall–Kier alpha value is -1.33. The van der Waals surface area contributed by atoms with Gasteiger partial charge in [-0.1, -0.05) is 0 Å². The smallest absolute Gasteiger partial charge is 0.341 e. The monoisotopic (exact) mass is 254 g/mol. The molecule has 0 aliphatic heterocycles. The average molecular weight is 254 g/mol. The molecule has 0 unspecified atom stereocenters. The minimum absolute atomic E-state index is 0.347. The van der Waals surface area contributed by atoms with Crippen molar-refractivity contribution >= 4 is 5.97 Å². The zero-order valence-corrected chi connectivity index (χ0v) is 11.6. The summed E-state index contributed by atoms with van der Waals surface area (Å²) in [5, 5.41) is 3.11. The highest BCUT2D eigenvalue weighted by Crippen LogP contribution is 2.16. The molecule has 1 rings (SSSR count). The Morgan fingerprint density at radius 1 is 1.56 bits per heavy atom. The first-order valence-electron chi connectivity index (χ1n) is 6.09. The molecule has 0 amide bonds. The van der Waals surface area contributed by atoms with Gasteiger partial charge in [0.25, 0.3) is 0 Å². The third kappa shape index (κ3) is 4.16. The van der Waals surface area contributed by atoms with Crippen molar-refractivity contribution in [2.45, 2.75) is 19.9 Å². The molecule has 0 atom stereocenters. The van der Waals surface area contributed by atoms with Crippen LogP contribution in [0.15, 0.2) is 10.5 Å². The first kappa shape index (κ1) is 14.7. The summed E-state index contributed by atoms with van der Waals surface area (Å²) in [5.41, 5.74) is 0.510. The SMILES string of the molecule is CNCCCN(C)Cc1cc(C(=O)OC)c(C)o1. The molecular weight excluding hydrogens is 232 g/mol. The van der Waals surface area contributed by atoms with E-state index in [1.165, 1.54) is 7.11 Å². The fourth-order valence-corrected chi connectivity index (χ4v) is 1.81. The van der Waals surface area contributed by atoms with Crippen LogP contribution in [-0.4, -0.2) is 45.2 Å². The first-order valence-corrected chi connectivity index (χ1v) is 6.09. The molecule has 1 aromatic heterocycles. The number of nitrogens with one attached hydrogen (secondary N) is 1. The summed E-state index contributed by atoms with van der Waals surface area (Å²) in [6.45, 7) is 4.45. The van der Waals surface area contributed by atoms with Crippen molar-refractivity contribution < 1.29 is 13.9 Å². The van der Waals surface area contributed by atoms with Crippen molar-refractivity contribution in [1.29, 1.82) is 0 Å². The van der Waals surface area contributed by atoms with Gasteiger partial charge in [0.2, 0.25) is 0 Å². The van der Waals surface area contributed by atoms with E-state index in [1.807, 2.05) is 14.1 Å². The number of furan rings is 1. The highest BCUT2D eigenvalue weighted by molar-refractivity contribution is 5.90. The van der Waals surface area contributed by atoms with Gasteiger partial charge >= 0.3 is 5.97 Å². The summed E-state index contributed by atoms with van der Waals surface area (Å²) in [6.07, 6.45) is 1.08. The van der Waals surface area contributed by atoms with Gasteiger partial charge in [0.1, 0.15) is 17.1 Å². The molecule has 5 heteroatoms. The van der Waals surface area contributed by atoms with Crippen LogP contribution in [0.5, 0.6) is 0 Å². The zero-order valence-electron chi connectivity index (χ0n) is 11.6. The van der Waals surface area contributed by atoms with E-state index >= 15 is 0 Å². The highest BCUT2D eigenvalue weighted by atomic mass is 16.5. The Morgan fingerprint density at radius 3 is 2.89 bits per heavy atom. The molecule has 0 saturated heterocycles. The maximum atomic E-state index is 11.4. The number of ether oxygens (including phenoxy) is 1. The molecule has 0 aromatic carbocycles. The Bertz CT molecular complexity index is 388. The second-order valence-electron chi connectivity index (χ2n) is 4.37. The zero-order chi connectivity index (χ0) is 13.5.